The van der Waals surface area contributed by atoms with Crippen molar-refractivity contribution in [2.45, 2.75) is 6.18 Å². The standard InChI is InChI=1S/C19H12Cl2F3N3O2/c20-15-9-11(19(22,23)24)1-6-16(15)27-18(28)26-12-2-4-13(5-3-12)29-14-7-8-25-17(21)10-14/h1-10H,(H2,26,27,28). The number of benzene rings is 2. The molecule has 1 aromatic heterocycles. The number of halogens is 5. The molecule has 0 fully saturated rings. The topological polar surface area (TPSA) is 63.2 Å². The van der Waals surface area contributed by atoms with Gasteiger partial charge in [-0.3, -0.25) is 0 Å². The normalized spacial score (nSPS) is 11.1. The summed E-state index contributed by atoms with van der Waals surface area (Å²) in [5, 5.41) is 5.00. The summed E-state index contributed by atoms with van der Waals surface area (Å²) in [6.45, 7) is 0. The van der Waals surface area contributed by atoms with E-state index in [9.17, 15) is 18.0 Å². The summed E-state index contributed by atoms with van der Waals surface area (Å²) < 4.78 is 43.6. The van der Waals surface area contributed by atoms with E-state index in [1.807, 2.05) is 0 Å². The number of rotatable bonds is 4. The Bertz CT molecular complexity index is 1030. The van der Waals surface area contributed by atoms with E-state index >= 15 is 0 Å². The Kier molecular flexibility index (Phi) is 6.14. The van der Waals surface area contributed by atoms with Gasteiger partial charge in [-0.05, 0) is 48.5 Å². The highest BCUT2D eigenvalue weighted by molar-refractivity contribution is 6.33. The molecule has 0 aliphatic rings. The van der Waals surface area contributed by atoms with Crippen molar-refractivity contribution in [3.05, 3.63) is 76.5 Å². The van der Waals surface area contributed by atoms with Gasteiger partial charge >= 0.3 is 12.2 Å². The Morgan fingerprint density at radius 2 is 1.66 bits per heavy atom. The second kappa shape index (κ2) is 8.59. The number of anilines is 2. The van der Waals surface area contributed by atoms with E-state index in [0.717, 1.165) is 18.2 Å². The van der Waals surface area contributed by atoms with Crippen LogP contribution in [0.3, 0.4) is 0 Å². The molecule has 2 amide bonds. The lowest BCUT2D eigenvalue weighted by Gasteiger charge is -2.12. The molecular weight excluding hydrogens is 430 g/mol. The minimum Gasteiger partial charge on any atom is -0.457 e. The Morgan fingerprint density at radius 3 is 2.28 bits per heavy atom. The van der Waals surface area contributed by atoms with Gasteiger partial charge in [0.05, 0.1) is 16.3 Å². The van der Waals surface area contributed by atoms with Gasteiger partial charge in [-0.15, -0.1) is 0 Å². The van der Waals surface area contributed by atoms with Crippen LogP contribution in [0.25, 0.3) is 0 Å². The van der Waals surface area contributed by atoms with Crippen molar-refractivity contribution < 1.29 is 22.7 Å². The molecule has 0 unspecified atom stereocenters. The Morgan fingerprint density at radius 1 is 0.931 bits per heavy atom. The molecule has 2 aromatic carbocycles. The first-order chi connectivity index (χ1) is 13.7. The Labute approximate surface area is 173 Å². The van der Waals surface area contributed by atoms with Crippen molar-refractivity contribution >= 4 is 40.6 Å². The number of amides is 2. The molecule has 2 N–H and O–H groups in total. The molecule has 29 heavy (non-hydrogen) atoms. The average molecular weight is 442 g/mol. The number of alkyl halides is 3. The van der Waals surface area contributed by atoms with Crippen molar-refractivity contribution in [2.24, 2.45) is 0 Å². The van der Waals surface area contributed by atoms with Gasteiger partial charge in [-0.2, -0.15) is 13.2 Å². The summed E-state index contributed by atoms with van der Waals surface area (Å²) in [7, 11) is 0. The van der Waals surface area contributed by atoms with Gasteiger partial charge in [-0.1, -0.05) is 23.2 Å². The number of carbonyl (C=O) groups excluding carboxylic acids is 1. The van der Waals surface area contributed by atoms with Gasteiger partial charge in [0.2, 0.25) is 0 Å². The third-order valence-electron chi connectivity index (χ3n) is 3.59. The van der Waals surface area contributed by atoms with Crippen LogP contribution in [-0.4, -0.2) is 11.0 Å². The number of pyridine rings is 1. The first-order valence-electron chi connectivity index (χ1n) is 8.05. The molecule has 0 saturated heterocycles. The van der Waals surface area contributed by atoms with Crippen LogP contribution in [-0.2, 0) is 6.18 Å². The molecule has 10 heteroatoms. The van der Waals surface area contributed by atoms with Gasteiger partial charge < -0.3 is 15.4 Å². The van der Waals surface area contributed by atoms with Crippen LogP contribution in [0.5, 0.6) is 11.5 Å². The molecule has 150 valence electrons. The van der Waals surface area contributed by atoms with Crippen molar-refractivity contribution in [2.75, 3.05) is 10.6 Å². The van der Waals surface area contributed by atoms with Gasteiger partial charge in [-0.25, -0.2) is 9.78 Å². The molecule has 0 saturated carbocycles. The van der Waals surface area contributed by atoms with Crippen LogP contribution >= 0.6 is 23.2 Å². The predicted octanol–water partition coefficient (Wildman–Crippen LogP) is 6.84. The Hall–Kier alpha value is -2.97. The lowest BCUT2D eigenvalue weighted by Crippen LogP contribution is -2.19. The number of hydrogen-bond donors (Lipinski definition) is 2. The average Bonchev–Trinajstić information content (AvgIpc) is 2.64. The van der Waals surface area contributed by atoms with Gasteiger partial charge in [0.15, 0.2) is 0 Å². The summed E-state index contributed by atoms with van der Waals surface area (Å²) in [4.78, 5) is 15.9. The molecule has 0 aliphatic carbocycles. The van der Waals surface area contributed by atoms with Gasteiger partial charge in [0.1, 0.15) is 16.7 Å². The van der Waals surface area contributed by atoms with Crippen LogP contribution in [0.1, 0.15) is 5.56 Å². The van der Waals surface area contributed by atoms with E-state index in [1.165, 1.54) is 6.20 Å². The molecule has 3 aromatic rings. The van der Waals surface area contributed by atoms with Gasteiger partial charge in [0, 0.05) is 18.0 Å². The van der Waals surface area contributed by atoms with E-state index in [-0.39, 0.29) is 10.7 Å². The molecule has 5 nitrogen and oxygen atoms in total. The summed E-state index contributed by atoms with van der Waals surface area (Å²) in [6, 6.07) is 11.6. The maximum absolute atomic E-state index is 12.7. The van der Waals surface area contributed by atoms with E-state index in [0.29, 0.717) is 22.3 Å². The third kappa shape index (κ3) is 5.75. The van der Waals surface area contributed by atoms with Crippen LogP contribution in [0, 0.1) is 0 Å². The second-order valence-corrected chi connectivity index (χ2v) is 6.51. The number of nitrogens with one attached hydrogen (secondary N) is 2. The quantitative estimate of drug-likeness (QED) is 0.435. The monoisotopic (exact) mass is 441 g/mol. The fraction of sp³-hybridized carbons (Fsp3) is 0.0526. The van der Waals surface area contributed by atoms with Crippen LogP contribution in [0.2, 0.25) is 10.2 Å². The van der Waals surface area contributed by atoms with Crippen molar-refractivity contribution in [1.29, 1.82) is 0 Å². The minimum atomic E-state index is -4.52. The van der Waals surface area contributed by atoms with Crippen molar-refractivity contribution in [1.82, 2.24) is 4.98 Å². The van der Waals surface area contributed by atoms with Crippen LogP contribution in [0.15, 0.2) is 60.8 Å². The highest BCUT2D eigenvalue weighted by atomic mass is 35.5. The van der Waals surface area contributed by atoms with E-state index in [2.05, 4.69) is 15.6 Å². The van der Waals surface area contributed by atoms with E-state index < -0.39 is 17.8 Å². The molecule has 0 bridgehead atoms. The zero-order valence-electron chi connectivity index (χ0n) is 14.4. The minimum absolute atomic E-state index is 0.0479. The lowest BCUT2D eigenvalue weighted by molar-refractivity contribution is -0.137. The number of aromatic nitrogens is 1. The first-order valence-corrected chi connectivity index (χ1v) is 8.80. The summed E-state index contributed by atoms with van der Waals surface area (Å²) in [6.07, 6.45) is -3.01. The molecular formula is C19H12Cl2F3N3O2. The SMILES string of the molecule is O=C(Nc1ccc(Oc2ccnc(Cl)c2)cc1)Nc1ccc(C(F)(F)F)cc1Cl. The summed E-state index contributed by atoms with van der Waals surface area (Å²) >= 11 is 11.6. The highest BCUT2D eigenvalue weighted by Crippen LogP contribution is 2.33. The smallest absolute Gasteiger partial charge is 0.416 e. The zero-order chi connectivity index (χ0) is 21.0. The zero-order valence-corrected chi connectivity index (χ0v) is 15.9. The Balaban J connectivity index is 1.61. The maximum Gasteiger partial charge on any atom is 0.416 e. The number of carbonyl (C=O) groups is 1. The maximum atomic E-state index is 12.7. The van der Waals surface area contributed by atoms with E-state index in [1.54, 1.807) is 36.4 Å². The third-order valence-corrected chi connectivity index (χ3v) is 4.11. The summed E-state index contributed by atoms with van der Waals surface area (Å²) in [5.41, 5.74) is -0.420. The molecule has 0 aliphatic heterocycles. The van der Waals surface area contributed by atoms with Gasteiger partial charge in [0.25, 0.3) is 0 Å². The number of hydrogen-bond acceptors (Lipinski definition) is 3. The van der Waals surface area contributed by atoms with Crippen LogP contribution < -0.4 is 15.4 Å². The lowest BCUT2D eigenvalue weighted by atomic mass is 10.2. The molecule has 1 heterocycles. The second-order valence-electron chi connectivity index (χ2n) is 5.71. The number of nitrogens with zero attached hydrogens (tertiary/aromatic N) is 1. The highest BCUT2D eigenvalue weighted by Gasteiger charge is 2.31. The van der Waals surface area contributed by atoms with Crippen molar-refractivity contribution in [3.63, 3.8) is 0 Å². The largest absolute Gasteiger partial charge is 0.457 e. The molecule has 0 spiro atoms. The molecule has 0 atom stereocenters. The number of ether oxygens (including phenoxy) is 1. The fourth-order valence-corrected chi connectivity index (χ4v) is 2.66. The molecule has 0 radical (unpaired) electrons. The predicted molar refractivity (Wildman–Crippen MR) is 105 cm³/mol. The summed E-state index contributed by atoms with van der Waals surface area (Å²) in [5.74, 6) is 1.00. The first kappa shape index (κ1) is 20.8. The number of urea groups is 1. The van der Waals surface area contributed by atoms with E-state index in [4.69, 9.17) is 27.9 Å². The fourth-order valence-electron chi connectivity index (χ4n) is 2.27. The van der Waals surface area contributed by atoms with Crippen molar-refractivity contribution in [3.8, 4) is 11.5 Å². The van der Waals surface area contributed by atoms with Crippen LogP contribution in [0.4, 0.5) is 29.3 Å². The molecule has 3 rings (SSSR count).